The third kappa shape index (κ3) is 3.73. The third-order valence-electron chi connectivity index (χ3n) is 2.70. The first-order chi connectivity index (χ1) is 9.06. The second kappa shape index (κ2) is 6.10. The molecule has 1 heterocycles. The maximum atomic E-state index is 12.1. The summed E-state index contributed by atoms with van der Waals surface area (Å²) in [6, 6.07) is 5.74. The van der Waals surface area contributed by atoms with Crippen molar-refractivity contribution in [3.05, 3.63) is 24.3 Å². The van der Waals surface area contributed by atoms with Gasteiger partial charge in [-0.2, -0.15) is 8.78 Å². The lowest BCUT2D eigenvalue weighted by atomic mass is 10.3. The van der Waals surface area contributed by atoms with Gasteiger partial charge in [0.15, 0.2) is 0 Å². The minimum atomic E-state index is -2.87. The van der Waals surface area contributed by atoms with E-state index in [1.807, 2.05) is 6.92 Å². The number of amides is 2. The number of nitrogens with zero attached hydrogens (tertiary/aromatic N) is 1. The molecule has 1 aromatic carbocycles. The lowest BCUT2D eigenvalue weighted by Crippen LogP contribution is -2.36. The van der Waals surface area contributed by atoms with Crippen LogP contribution in [0.25, 0.3) is 0 Å². The van der Waals surface area contributed by atoms with E-state index < -0.39 is 6.61 Å². The number of urea groups is 1. The summed E-state index contributed by atoms with van der Waals surface area (Å²) in [6.45, 7) is -0.237. The largest absolute Gasteiger partial charge is 0.435 e. The predicted octanol–water partition coefficient (Wildman–Crippen LogP) is 3.21. The van der Waals surface area contributed by atoms with Crippen LogP contribution in [0.15, 0.2) is 24.3 Å². The fraction of sp³-hybridized carbons (Fsp3) is 0.417. The molecule has 1 unspecified atom stereocenters. The highest BCUT2D eigenvalue weighted by Crippen LogP contribution is 2.24. The number of hydrogen-bond acceptors (Lipinski definition) is 3. The van der Waals surface area contributed by atoms with Crippen LogP contribution in [0.4, 0.5) is 19.3 Å². The Morgan fingerprint density at radius 2 is 2.37 bits per heavy atom. The molecule has 0 radical (unpaired) electrons. The van der Waals surface area contributed by atoms with E-state index in [-0.39, 0.29) is 17.2 Å². The van der Waals surface area contributed by atoms with Crippen molar-refractivity contribution in [3.63, 3.8) is 0 Å². The monoisotopic (exact) mass is 288 g/mol. The van der Waals surface area contributed by atoms with Crippen molar-refractivity contribution in [2.24, 2.45) is 0 Å². The van der Waals surface area contributed by atoms with E-state index in [2.05, 4.69) is 10.1 Å². The number of alkyl halides is 2. The van der Waals surface area contributed by atoms with Crippen molar-refractivity contribution in [1.29, 1.82) is 0 Å². The maximum Gasteiger partial charge on any atom is 0.387 e. The molecule has 1 aliphatic heterocycles. The normalized spacial score (nSPS) is 18.7. The van der Waals surface area contributed by atoms with Gasteiger partial charge < -0.3 is 15.0 Å². The molecule has 2 amide bonds. The van der Waals surface area contributed by atoms with Crippen LogP contribution >= 0.6 is 11.8 Å². The van der Waals surface area contributed by atoms with Crippen LogP contribution in [0.5, 0.6) is 5.75 Å². The molecule has 4 nitrogen and oxygen atoms in total. The van der Waals surface area contributed by atoms with Gasteiger partial charge in [-0.3, -0.25) is 0 Å². The van der Waals surface area contributed by atoms with E-state index in [4.69, 9.17) is 0 Å². The van der Waals surface area contributed by atoms with Gasteiger partial charge in [0.05, 0.1) is 5.37 Å². The summed E-state index contributed by atoms with van der Waals surface area (Å²) in [5, 5.41) is 2.80. The Hall–Kier alpha value is -1.50. The molecular formula is C12H14F2N2O2S. The van der Waals surface area contributed by atoms with Gasteiger partial charge in [-0.25, -0.2) is 4.79 Å². The van der Waals surface area contributed by atoms with Crippen LogP contribution in [-0.4, -0.2) is 35.2 Å². The SMILES string of the molecule is CC1SCCN1C(=O)Nc1cccc(OC(F)F)c1. The van der Waals surface area contributed by atoms with Gasteiger partial charge in [0, 0.05) is 24.1 Å². The van der Waals surface area contributed by atoms with Gasteiger partial charge in [0.1, 0.15) is 5.75 Å². The Bertz CT molecular complexity index is 459. The average molecular weight is 288 g/mol. The number of benzene rings is 1. The molecule has 1 N–H and O–H groups in total. The number of carbonyl (C=O) groups excluding carboxylic acids is 1. The first-order valence-corrected chi connectivity index (χ1v) is 6.85. The molecular weight excluding hydrogens is 274 g/mol. The van der Waals surface area contributed by atoms with Gasteiger partial charge in [-0.1, -0.05) is 6.07 Å². The maximum absolute atomic E-state index is 12.1. The summed E-state index contributed by atoms with van der Waals surface area (Å²) >= 11 is 1.70. The van der Waals surface area contributed by atoms with E-state index in [1.54, 1.807) is 28.8 Å². The van der Waals surface area contributed by atoms with Crippen molar-refractivity contribution >= 4 is 23.5 Å². The molecule has 0 bridgehead atoms. The van der Waals surface area contributed by atoms with Crippen LogP contribution in [-0.2, 0) is 0 Å². The Kier molecular flexibility index (Phi) is 4.47. The molecule has 0 saturated carbocycles. The molecule has 7 heteroatoms. The second-order valence-corrected chi connectivity index (χ2v) is 5.42. The number of hydrogen-bond donors (Lipinski definition) is 1. The van der Waals surface area contributed by atoms with Crippen LogP contribution in [0, 0.1) is 0 Å². The molecule has 0 aromatic heterocycles. The Labute approximate surface area is 114 Å². The predicted molar refractivity (Wildman–Crippen MR) is 70.7 cm³/mol. The summed E-state index contributed by atoms with van der Waals surface area (Å²) in [5.41, 5.74) is 0.437. The van der Waals surface area contributed by atoms with E-state index >= 15 is 0 Å². The molecule has 104 valence electrons. The van der Waals surface area contributed by atoms with Crippen molar-refractivity contribution < 1.29 is 18.3 Å². The Morgan fingerprint density at radius 3 is 3.00 bits per heavy atom. The van der Waals surface area contributed by atoms with E-state index in [0.717, 1.165) is 5.75 Å². The molecule has 0 spiro atoms. The molecule has 1 aromatic rings. The third-order valence-corrected chi connectivity index (χ3v) is 3.86. The molecule has 1 fully saturated rings. The van der Waals surface area contributed by atoms with Crippen molar-refractivity contribution in [3.8, 4) is 5.75 Å². The number of nitrogens with one attached hydrogen (secondary N) is 1. The smallest absolute Gasteiger partial charge is 0.387 e. The summed E-state index contributed by atoms with van der Waals surface area (Å²) in [7, 11) is 0. The summed E-state index contributed by atoms with van der Waals surface area (Å²) in [5.74, 6) is 0.931. The zero-order valence-corrected chi connectivity index (χ0v) is 11.1. The first kappa shape index (κ1) is 13.9. The highest BCUT2D eigenvalue weighted by molar-refractivity contribution is 8.00. The van der Waals surface area contributed by atoms with Crippen LogP contribution in [0.1, 0.15) is 6.92 Å². The highest BCUT2D eigenvalue weighted by Gasteiger charge is 2.25. The number of anilines is 1. The van der Waals surface area contributed by atoms with Gasteiger partial charge >= 0.3 is 12.6 Å². The number of rotatable bonds is 3. The lowest BCUT2D eigenvalue weighted by Gasteiger charge is -2.21. The quantitative estimate of drug-likeness (QED) is 0.928. The molecule has 1 aliphatic rings. The van der Waals surface area contributed by atoms with Crippen LogP contribution < -0.4 is 10.1 Å². The standard InChI is InChI=1S/C12H14F2N2O2S/c1-8-16(5-6-19-8)12(17)15-9-3-2-4-10(7-9)18-11(13)14/h2-4,7-8,11H,5-6H2,1H3,(H,15,17). The lowest BCUT2D eigenvalue weighted by molar-refractivity contribution is -0.0497. The van der Waals surface area contributed by atoms with Gasteiger partial charge in [0.2, 0.25) is 0 Å². The van der Waals surface area contributed by atoms with Crippen LogP contribution in [0.2, 0.25) is 0 Å². The zero-order valence-electron chi connectivity index (χ0n) is 10.3. The zero-order chi connectivity index (χ0) is 13.8. The number of ether oxygens (including phenoxy) is 1. The minimum absolute atomic E-state index is 0.0247. The summed E-state index contributed by atoms with van der Waals surface area (Å²) < 4.78 is 28.5. The Balaban J connectivity index is 2.00. The van der Waals surface area contributed by atoms with E-state index in [9.17, 15) is 13.6 Å². The first-order valence-electron chi connectivity index (χ1n) is 5.80. The number of carbonyl (C=O) groups is 1. The summed E-state index contributed by atoms with van der Waals surface area (Å²) in [4.78, 5) is 13.7. The van der Waals surface area contributed by atoms with E-state index in [1.165, 1.54) is 12.1 Å². The topological polar surface area (TPSA) is 41.6 Å². The van der Waals surface area contributed by atoms with Crippen LogP contribution in [0.3, 0.4) is 0 Å². The molecule has 1 atom stereocenters. The van der Waals surface area contributed by atoms with Gasteiger partial charge in [0.25, 0.3) is 0 Å². The van der Waals surface area contributed by atoms with E-state index in [0.29, 0.717) is 12.2 Å². The highest BCUT2D eigenvalue weighted by atomic mass is 32.2. The van der Waals surface area contributed by atoms with Crippen molar-refractivity contribution in [2.45, 2.75) is 18.9 Å². The summed E-state index contributed by atoms with van der Waals surface area (Å²) in [6.07, 6.45) is 0. The molecule has 1 saturated heterocycles. The second-order valence-electron chi connectivity index (χ2n) is 4.00. The minimum Gasteiger partial charge on any atom is -0.435 e. The van der Waals surface area contributed by atoms with Gasteiger partial charge in [-0.05, 0) is 19.1 Å². The average Bonchev–Trinajstić information content (AvgIpc) is 2.75. The van der Waals surface area contributed by atoms with Gasteiger partial charge in [-0.15, -0.1) is 11.8 Å². The molecule has 19 heavy (non-hydrogen) atoms. The van der Waals surface area contributed by atoms with Crippen molar-refractivity contribution in [2.75, 3.05) is 17.6 Å². The van der Waals surface area contributed by atoms with Crippen molar-refractivity contribution in [1.82, 2.24) is 4.90 Å². The number of halogens is 2. The molecule has 2 rings (SSSR count). The fourth-order valence-electron chi connectivity index (χ4n) is 1.81. The fourth-order valence-corrected chi connectivity index (χ4v) is 2.83. The Morgan fingerprint density at radius 1 is 1.58 bits per heavy atom. The molecule has 0 aliphatic carbocycles. The number of thioether (sulfide) groups is 1.